The Bertz CT molecular complexity index is 957. The smallest absolute Gasteiger partial charge is 0.410 e. The van der Waals surface area contributed by atoms with E-state index in [2.05, 4.69) is 20.9 Å². The summed E-state index contributed by atoms with van der Waals surface area (Å²) in [6.07, 6.45) is 4.30. The van der Waals surface area contributed by atoms with Crippen LogP contribution in [0.5, 0.6) is 6.01 Å². The van der Waals surface area contributed by atoms with Crippen LogP contribution in [0, 0.1) is 11.3 Å². The van der Waals surface area contributed by atoms with Crippen molar-refractivity contribution in [1.29, 1.82) is 5.26 Å². The number of halogens is 2. The van der Waals surface area contributed by atoms with E-state index in [1.54, 1.807) is 0 Å². The van der Waals surface area contributed by atoms with Crippen molar-refractivity contribution in [1.82, 2.24) is 19.8 Å². The third kappa shape index (κ3) is 5.72. The Kier molecular flexibility index (Phi) is 7.57. The van der Waals surface area contributed by atoms with Gasteiger partial charge in [0.25, 0.3) is 0 Å². The lowest BCUT2D eigenvalue weighted by molar-refractivity contribution is 0.0122. The predicted octanol–water partition coefficient (Wildman–Crippen LogP) is 3.79. The molecule has 0 spiro atoms. The summed E-state index contributed by atoms with van der Waals surface area (Å²) in [4.78, 5) is 26.9. The zero-order valence-corrected chi connectivity index (χ0v) is 21.6. The van der Waals surface area contributed by atoms with Gasteiger partial charge in [0, 0.05) is 25.7 Å². The molecule has 0 N–H and O–H groups in total. The summed E-state index contributed by atoms with van der Waals surface area (Å²) >= 11 is 6.11. The van der Waals surface area contributed by atoms with Gasteiger partial charge in [0.15, 0.2) is 11.0 Å². The van der Waals surface area contributed by atoms with Crippen LogP contribution in [0.15, 0.2) is 0 Å². The van der Waals surface area contributed by atoms with Crippen molar-refractivity contribution in [3.8, 4) is 12.1 Å². The molecular weight excluding hydrogens is 475 g/mol. The van der Waals surface area contributed by atoms with Crippen LogP contribution in [0.4, 0.5) is 15.0 Å². The Labute approximate surface area is 211 Å². The molecule has 5 rings (SSSR count). The van der Waals surface area contributed by atoms with E-state index in [4.69, 9.17) is 21.1 Å². The van der Waals surface area contributed by atoms with Crippen LogP contribution in [-0.4, -0.2) is 89.0 Å². The van der Waals surface area contributed by atoms with Gasteiger partial charge in [-0.1, -0.05) is 11.6 Å². The van der Waals surface area contributed by atoms with E-state index in [1.165, 1.54) is 20.0 Å². The molecule has 4 aliphatic rings. The SMILES string of the molecule is COc1nc(Cl)c(C#N)c(N2C[C@@H]3CC[C@@H](C2)N3C(=O)OC(C)(C)C)n1.FC1CC2CCCN2C1. The second kappa shape index (κ2) is 10.3. The molecule has 4 saturated heterocycles. The van der Waals surface area contributed by atoms with Gasteiger partial charge in [0.2, 0.25) is 0 Å². The Morgan fingerprint density at radius 1 is 1.14 bits per heavy atom. The number of anilines is 1. The molecule has 2 bridgehead atoms. The Hall–Kier alpha value is -2.38. The number of methoxy groups -OCH3 is 1. The van der Waals surface area contributed by atoms with Crippen LogP contribution in [0.1, 0.15) is 58.4 Å². The molecule has 0 aromatic carbocycles. The zero-order chi connectivity index (χ0) is 25.3. The van der Waals surface area contributed by atoms with E-state index in [9.17, 15) is 14.4 Å². The van der Waals surface area contributed by atoms with Crippen molar-refractivity contribution in [2.75, 3.05) is 38.2 Å². The average Bonchev–Trinajstić information content (AvgIpc) is 3.43. The van der Waals surface area contributed by atoms with Gasteiger partial charge in [-0.15, -0.1) is 0 Å². The fourth-order valence-corrected chi connectivity index (χ4v) is 5.73. The van der Waals surface area contributed by atoms with Gasteiger partial charge in [0.1, 0.15) is 23.4 Å². The van der Waals surface area contributed by atoms with Crippen molar-refractivity contribution in [3.05, 3.63) is 10.7 Å². The van der Waals surface area contributed by atoms with Crippen molar-refractivity contribution in [2.45, 2.75) is 82.8 Å². The molecule has 0 radical (unpaired) electrons. The molecule has 11 heteroatoms. The van der Waals surface area contributed by atoms with Gasteiger partial charge in [0.05, 0.1) is 19.2 Å². The van der Waals surface area contributed by atoms with E-state index in [0.29, 0.717) is 31.5 Å². The van der Waals surface area contributed by atoms with Crippen LogP contribution in [0.2, 0.25) is 5.15 Å². The van der Waals surface area contributed by atoms with Crippen molar-refractivity contribution in [3.63, 3.8) is 0 Å². The van der Waals surface area contributed by atoms with E-state index in [-0.39, 0.29) is 34.9 Å². The highest BCUT2D eigenvalue weighted by atomic mass is 35.5. The predicted molar refractivity (Wildman–Crippen MR) is 130 cm³/mol. The Morgan fingerprint density at radius 3 is 2.40 bits per heavy atom. The van der Waals surface area contributed by atoms with E-state index in [0.717, 1.165) is 25.8 Å². The number of hydrogen-bond acceptors (Lipinski definition) is 8. The highest BCUT2D eigenvalue weighted by Crippen LogP contribution is 2.36. The molecule has 0 saturated carbocycles. The van der Waals surface area contributed by atoms with E-state index < -0.39 is 11.8 Å². The molecule has 2 unspecified atom stereocenters. The summed E-state index contributed by atoms with van der Waals surface area (Å²) in [5.74, 6) is 0.449. The van der Waals surface area contributed by atoms with Gasteiger partial charge in [-0.25, -0.2) is 9.18 Å². The molecule has 35 heavy (non-hydrogen) atoms. The molecule has 4 fully saturated rings. The highest BCUT2D eigenvalue weighted by molar-refractivity contribution is 6.30. The van der Waals surface area contributed by atoms with E-state index >= 15 is 0 Å². The number of piperazine rings is 1. The maximum Gasteiger partial charge on any atom is 0.410 e. The molecule has 4 aliphatic heterocycles. The first-order valence-electron chi connectivity index (χ1n) is 12.3. The number of nitriles is 1. The van der Waals surface area contributed by atoms with Crippen LogP contribution in [0.3, 0.4) is 0 Å². The normalized spacial score (nSPS) is 27.7. The summed E-state index contributed by atoms with van der Waals surface area (Å²) in [5.41, 5.74) is -0.313. The van der Waals surface area contributed by atoms with Crippen molar-refractivity contribution < 1.29 is 18.7 Å². The van der Waals surface area contributed by atoms with Gasteiger partial charge < -0.3 is 14.4 Å². The maximum absolute atomic E-state index is 12.6. The number of alkyl halides is 1. The highest BCUT2D eigenvalue weighted by Gasteiger charge is 2.45. The molecule has 0 aliphatic carbocycles. The third-order valence-corrected chi connectivity index (χ3v) is 7.24. The van der Waals surface area contributed by atoms with Gasteiger partial charge in [-0.3, -0.25) is 9.80 Å². The van der Waals surface area contributed by atoms with Crippen LogP contribution >= 0.6 is 11.6 Å². The molecular formula is C24H34ClFN6O3. The van der Waals surface area contributed by atoms with Gasteiger partial charge in [-0.05, 0) is 59.4 Å². The quantitative estimate of drug-likeness (QED) is 0.557. The molecule has 9 nitrogen and oxygen atoms in total. The second-order valence-corrected chi connectivity index (χ2v) is 11.0. The monoisotopic (exact) mass is 508 g/mol. The minimum atomic E-state index is -0.533. The number of carbonyl (C=O) groups is 1. The summed E-state index contributed by atoms with van der Waals surface area (Å²) in [5, 5.41) is 9.51. The number of carbonyl (C=O) groups excluding carboxylic acids is 1. The topological polar surface area (TPSA) is 94.8 Å². The molecule has 4 atom stereocenters. The number of rotatable bonds is 2. The fourth-order valence-electron chi connectivity index (χ4n) is 5.54. The lowest BCUT2D eigenvalue weighted by atomic mass is 10.1. The molecule has 5 heterocycles. The summed E-state index contributed by atoms with van der Waals surface area (Å²) in [6.45, 7) is 8.55. The molecule has 192 valence electrons. The lowest BCUT2D eigenvalue weighted by Gasteiger charge is -2.41. The zero-order valence-electron chi connectivity index (χ0n) is 20.8. The standard InChI is InChI=1S/C17H22ClN5O3.C7H12FN/c1-17(2,3)26-16(24)23-10-5-6-11(23)9-22(8-10)14-12(7-19)13(18)20-15(21-14)25-4;8-6-4-7-2-1-3-9(7)5-6/h10-11H,5-6,8-9H2,1-4H3;6-7H,1-5H2/t10-,11-;/m0./s1. The number of fused-ring (bicyclic) bond motifs is 3. The van der Waals surface area contributed by atoms with Crippen LogP contribution in [-0.2, 0) is 4.74 Å². The molecule has 1 aromatic heterocycles. The maximum atomic E-state index is 12.6. The largest absolute Gasteiger partial charge is 0.467 e. The van der Waals surface area contributed by atoms with Gasteiger partial charge in [-0.2, -0.15) is 15.2 Å². The lowest BCUT2D eigenvalue weighted by Crippen LogP contribution is -2.57. The number of aromatic nitrogens is 2. The number of nitrogens with zero attached hydrogens (tertiary/aromatic N) is 6. The second-order valence-electron chi connectivity index (χ2n) is 10.6. The molecule has 1 aromatic rings. The van der Waals surface area contributed by atoms with Crippen molar-refractivity contribution in [2.24, 2.45) is 0 Å². The number of amides is 1. The summed E-state index contributed by atoms with van der Waals surface area (Å²) in [6, 6.07) is 2.81. The van der Waals surface area contributed by atoms with Crippen molar-refractivity contribution >= 4 is 23.5 Å². The first-order chi connectivity index (χ1) is 16.6. The van der Waals surface area contributed by atoms with Crippen LogP contribution < -0.4 is 9.64 Å². The Morgan fingerprint density at radius 2 is 1.83 bits per heavy atom. The number of hydrogen-bond donors (Lipinski definition) is 0. The summed E-state index contributed by atoms with van der Waals surface area (Å²) in [7, 11) is 1.45. The minimum Gasteiger partial charge on any atom is -0.467 e. The van der Waals surface area contributed by atoms with E-state index in [1.807, 2.05) is 30.6 Å². The Balaban J connectivity index is 0.000000266. The first-order valence-corrected chi connectivity index (χ1v) is 12.6. The fraction of sp³-hybridized carbons (Fsp3) is 0.750. The third-order valence-electron chi connectivity index (χ3n) is 6.97. The summed E-state index contributed by atoms with van der Waals surface area (Å²) < 4.78 is 23.2. The van der Waals surface area contributed by atoms with Gasteiger partial charge >= 0.3 is 12.1 Å². The average molecular weight is 509 g/mol. The van der Waals surface area contributed by atoms with Crippen LogP contribution in [0.25, 0.3) is 0 Å². The molecule has 1 amide bonds. The number of ether oxygens (including phenoxy) is 2. The first kappa shape index (κ1) is 25.7. The minimum absolute atomic E-state index is 0.00915.